The first-order chi connectivity index (χ1) is 35.2. The van der Waals surface area contributed by atoms with Gasteiger partial charge in [0.1, 0.15) is 0 Å². The Morgan fingerprint density at radius 2 is 0.901 bits per heavy atom. The van der Waals surface area contributed by atoms with Gasteiger partial charge in [0.15, 0.2) is 0 Å². The highest BCUT2D eigenvalue weighted by Crippen LogP contribution is 2.58. The van der Waals surface area contributed by atoms with E-state index < -0.39 is 5.41 Å². The molecular formula is C67H42N2S2. The monoisotopic (exact) mass is 938 g/mol. The molecule has 0 N–H and O–H groups in total. The first kappa shape index (κ1) is 40.4. The van der Waals surface area contributed by atoms with Crippen molar-refractivity contribution in [2.24, 2.45) is 0 Å². The zero-order valence-electron chi connectivity index (χ0n) is 38.5. The molecule has 1 aliphatic rings. The maximum absolute atomic E-state index is 2.57. The quantitative estimate of drug-likeness (QED) is 0.155. The maximum atomic E-state index is 2.57. The fraction of sp³-hybridized carbons (Fsp3) is 0.0149. The molecule has 0 fully saturated rings. The molecule has 4 heteroatoms. The van der Waals surface area contributed by atoms with Gasteiger partial charge in [0.05, 0.1) is 26.8 Å². The molecule has 0 bridgehead atoms. The zero-order chi connectivity index (χ0) is 46.6. The van der Waals surface area contributed by atoms with E-state index in [1.165, 1.54) is 107 Å². The van der Waals surface area contributed by atoms with Gasteiger partial charge in [-0.3, -0.25) is 0 Å². The van der Waals surface area contributed by atoms with Crippen molar-refractivity contribution in [1.82, 2.24) is 4.57 Å². The summed E-state index contributed by atoms with van der Waals surface area (Å²) in [5.74, 6) is 0. The molecule has 332 valence electrons. The molecule has 2 nitrogen and oxygen atoms in total. The Kier molecular flexibility index (Phi) is 8.95. The molecule has 71 heavy (non-hydrogen) atoms. The second kappa shape index (κ2) is 15.7. The molecule has 0 amide bonds. The van der Waals surface area contributed by atoms with Crippen molar-refractivity contribution in [2.75, 3.05) is 4.90 Å². The Balaban J connectivity index is 1.03. The van der Waals surface area contributed by atoms with Crippen LogP contribution in [0.3, 0.4) is 0 Å². The summed E-state index contributed by atoms with van der Waals surface area (Å²) >= 11 is 3.76. The van der Waals surface area contributed by atoms with Gasteiger partial charge < -0.3 is 9.47 Å². The molecule has 0 spiro atoms. The lowest BCUT2D eigenvalue weighted by Crippen LogP contribution is -2.28. The van der Waals surface area contributed by atoms with E-state index in [0.717, 1.165) is 22.7 Å². The fourth-order valence-electron chi connectivity index (χ4n) is 12.0. The SMILES string of the molecule is c1ccc(-n2c3ccccc3c3cc(-c4cc(N(c5ccc6c(c5)C(c5ccccc5)(c5ccccc5)c5ccccc5-6)c5ccc6sc7ccccc7c6c5)c5sc6ccccc6c5c4)ccc32)cc1. The van der Waals surface area contributed by atoms with E-state index in [9.17, 15) is 0 Å². The minimum absolute atomic E-state index is 0.549. The lowest BCUT2D eigenvalue weighted by molar-refractivity contribution is 0.768. The van der Waals surface area contributed by atoms with E-state index in [1.54, 1.807) is 0 Å². The van der Waals surface area contributed by atoms with Crippen molar-refractivity contribution < 1.29 is 0 Å². The number of anilines is 3. The van der Waals surface area contributed by atoms with Crippen molar-refractivity contribution in [3.05, 3.63) is 277 Å². The number of benzene rings is 11. The van der Waals surface area contributed by atoms with Crippen LogP contribution in [0, 0.1) is 0 Å². The van der Waals surface area contributed by atoms with Crippen molar-refractivity contribution in [2.45, 2.75) is 5.41 Å². The van der Waals surface area contributed by atoms with Crippen molar-refractivity contribution in [1.29, 1.82) is 0 Å². The summed E-state index contributed by atoms with van der Waals surface area (Å²) in [6.45, 7) is 0. The van der Waals surface area contributed by atoms with Crippen LogP contribution in [0.2, 0.25) is 0 Å². The van der Waals surface area contributed by atoms with Gasteiger partial charge in [-0.25, -0.2) is 0 Å². The third-order valence-corrected chi connectivity index (χ3v) is 17.4. The molecule has 15 rings (SSSR count). The summed E-state index contributed by atoms with van der Waals surface area (Å²) in [6, 6.07) is 95.1. The molecule has 0 aliphatic heterocycles. The number of hydrogen-bond acceptors (Lipinski definition) is 3. The van der Waals surface area contributed by atoms with Crippen LogP contribution < -0.4 is 4.90 Å². The Bertz CT molecular complexity index is 4370. The van der Waals surface area contributed by atoms with Crippen LogP contribution in [0.1, 0.15) is 22.3 Å². The molecule has 0 unspecified atom stereocenters. The lowest BCUT2D eigenvalue weighted by atomic mass is 9.67. The summed E-state index contributed by atoms with van der Waals surface area (Å²) in [5, 5.41) is 7.57. The average Bonchev–Trinajstić information content (AvgIpc) is 4.19. The van der Waals surface area contributed by atoms with Gasteiger partial charge in [-0.05, 0) is 129 Å². The van der Waals surface area contributed by atoms with Gasteiger partial charge in [0.25, 0.3) is 0 Å². The van der Waals surface area contributed by atoms with Crippen LogP contribution in [0.15, 0.2) is 255 Å². The van der Waals surface area contributed by atoms with E-state index in [-0.39, 0.29) is 0 Å². The molecule has 0 atom stereocenters. The van der Waals surface area contributed by atoms with Crippen molar-refractivity contribution in [3.8, 4) is 27.9 Å². The van der Waals surface area contributed by atoms with Crippen LogP contribution >= 0.6 is 22.7 Å². The molecule has 1 aliphatic carbocycles. The first-order valence-corrected chi connectivity index (χ1v) is 26.0. The predicted octanol–water partition coefficient (Wildman–Crippen LogP) is 19.0. The van der Waals surface area contributed by atoms with Crippen LogP contribution in [-0.4, -0.2) is 4.57 Å². The van der Waals surface area contributed by atoms with Gasteiger partial charge in [-0.2, -0.15) is 0 Å². The smallest absolute Gasteiger partial charge is 0.0714 e. The fourth-order valence-corrected chi connectivity index (χ4v) is 14.3. The second-order valence-electron chi connectivity index (χ2n) is 18.8. The van der Waals surface area contributed by atoms with E-state index in [0.29, 0.717) is 0 Å². The molecule has 3 aromatic heterocycles. The normalized spacial score (nSPS) is 12.9. The number of nitrogens with zero attached hydrogens (tertiary/aromatic N) is 2. The molecule has 0 radical (unpaired) electrons. The Morgan fingerprint density at radius 1 is 0.338 bits per heavy atom. The topological polar surface area (TPSA) is 8.17 Å². The van der Waals surface area contributed by atoms with E-state index in [4.69, 9.17) is 0 Å². The van der Waals surface area contributed by atoms with E-state index in [1.807, 2.05) is 22.7 Å². The second-order valence-corrected chi connectivity index (χ2v) is 20.9. The van der Waals surface area contributed by atoms with Crippen molar-refractivity contribution >= 4 is 102 Å². The minimum Gasteiger partial charge on any atom is -0.309 e. The highest BCUT2D eigenvalue weighted by molar-refractivity contribution is 7.26. The maximum Gasteiger partial charge on any atom is 0.0714 e. The number of rotatable bonds is 7. The van der Waals surface area contributed by atoms with Gasteiger partial charge in [-0.15, -0.1) is 22.7 Å². The highest BCUT2D eigenvalue weighted by Gasteiger charge is 2.46. The zero-order valence-corrected chi connectivity index (χ0v) is 40.1. The largest absolute Gasteiger partial charge is 0.309 e. The van der Waals surface area contributed by atoms with Gasteiger partial charge in [0.2, 0.25) is 0 Å². The van der Waals surface area contributed by atoms with Gasteiger partial charge >= 0.3 is 0 Å². The molecule has 14 aromatic rings. The van der Waals surface area contributed by atoms with E-state index in [2.05, 4.69) is 264 Å². The van der Waals surface area contributed by atoms with Crippen LogP contribution in [-0.2, 0) is 5.41 Å². The summed E-state index contributed by atoms with van der Waals surface area (Å²) in [4.78, 5) is 2.57. The predicted molar refractivity (Wildman–Crippen MR) is 304 cm³/mol. The Labute approximate surface area is 419 Å². The summed E-state index contributed by atoms with van der Waals surface area (Å²) in [6.07, 6.45) is 0. The van der Waals surface area contributed by atoms with E-state index >= 15 is 0 Å². The van der Waals surface area contributed by atoms with Gasteiger partial charge in [-0.1, -0.05) is 170 Å². The number of fused-ring (bicyclic) bond motifs is 12. The highest BCUT2D eigenvalue weighted by atomic mass is 32.1. The van der Waals surface area contributed by atoms with Crippen LogP contribution in [0.25, 0.3) is 90.1 Å². The third kappa shape index (κ3) is 5.99. The Hall–Kier alpha value is -8.54. The number of aromatic nitrogens is 1. The number of para-hydroxylation sites is 2. The van der Waals surface area contributed by atoms with Crippen LogP contribution in [0.4, 0.5) is 17.1 Å². The molecule has 0 saturated heterocycles. The minimum atomic E-state index is -0.549. The standard InChI is InChI=1S/C67H42N2S2/c1-4-18-45(19-5-1)67(46-20-6-2-7-21-46)58-28-14-10-24-50(58)51-35-33-49(42-59(51)67)68(48-34-37-65-56(41-48)53-26-12-16-30-63(53)70-65)62-40-44(39-57-54-27-13-17-31-64(54)71-66(57)62)43-32-36-61-55(38-43)52-25-11-15-29-60(52)69(61)47-22-8-3-9-23-47/h1-42H. The molecule has 0 saturated carbocycles. The third-order valence-electron chi connectivity index (χ3n) is 15.0. The van der Waals surface area contributed by atoms with Crippen molar-refractivity contribution in [3.63, 3.8) is 0 Å². The summed E-state index contributed by atoms with van der Waals surface area (Å²) in [7, 11) is 0. The molecule has 11 aromatic carbocycles. The lowest BCUT2D eigenvalue weighted by Gasteiger charge is -2.35. The van der Waals surface area contributed by atoms with Crippen LogP contribution in [0.5, 0.6) is 0 Å². The molecular weight excluding hydrogens is 897 g/mol. The molecule has 3 heterocycles. The first-order valence-electron chi connectivity index (χ1n) is 24.3. The summed E-state index contributed by atoms with van der Waals surface area (Å²) in [5.41, 5.74) is 16.4. The number of hydrogen-bond donors (Lipinski definition) is 0. The summed E-state index contributed by atoms with van der Waals surface area (Å²) < 4.78 is 7.52. The average molecular weight is 939 g/mol. The number of thiophene rings is 2. The van der Waals surface area contributed by atoms with Gasteiger partial charge in [0, 0.05) is 63.5 Å². The Morgan fingerprint density at radius 3 is 1.68 bits per heavy atom.